The topological polar surface area (TPSA) is 57.6 Å². The Hall–Kier alpha value is -1.27. The van der Waals surface area contributed by atoms with E-state index in [1.807, 2.05) is 6.26 Å². The molecule has 1 rings (SSSR count). The molecule has 1 aromatic rings. The lowest BCUT2D eigenvalue weighted by molar-refractivity contribution is -0.131. The van der Waals surface area contributed by atoms with Gasteiger partial charge in [0.15, 0.2) is 0 Å². The van der Waals surface area contributed by atoms with Gasteiger partial charge in [0, 0.05) is 19.7 Å². The highest BCUT2D eigenvalue weighted by molar-refractivity contribution is 7.98. The van der Waals surface area contributed by atoms with Crippen molar-refractivity contribution in [1.29, 1.82) is 0 Å². The lowest BCUT2D eigenvalue weighted by atomic mass is 10.2. The van der Waals surface area contributed by atoms with Crippen LogP contribution in [0.1, 0.15) is 21.7 Å². The Morgan fingerprint density at radius 2 is 2.26 bits per heavy atom. The summed E-state index contributed by atoms with van der Waals surface area (Å²) in [6.45, 7) is 0.708. The fourth-order valence-electron chi connectivity index (χ4n) is 1.51. The molecule has 0 aliphatic rings. The van der Waals surface area contributed by atoms with Gasteiger partial charge < -0.3 is 10.0 Å². The Morgan fingerprint density at radius 3 is 2.89 bits per heavy atom. The summed E-state index contributed by atoms with van der Waals surface area (Å²) in [7, 11) is 1.77. The molecule has 0 aliphatic heterocycles. The molecule has 1 amide bonds. The van der Waals surface area contributed by atoms with E-state index in [0.717, 1.165) is 18.2 Å². The largest absolute Gasteiger partial charge is 0.478 e. The van der Waals surface area contributed by atoms with E-state index in [9.17, 15) is 9.59 Å². The lowest BCUT2D eigenvalue weighted by Crippen LogP contribution is -2.27. The van der Waals surface area contributed by atoms with Crippen LogP contribution in [0.25, 0.3) is 6.08 Å². The smallest absolute Gasteiger partial charge is 0.328 e. The fourth-order valence-corrected chi connectivity index (χ4v) is 2.80. The van der Waals surface area contributed by atoms with Crippen molar-refractivity contribution in [2.24, 2.45) is 0 Å². The summed E-state index contributed by atoms with van der Waals surface area (Å²) < 4.78 is 0. The average molecular weight is 299 g/mol. The van der Waals surface area contributed by atoms with Crippen molar-refractivity contribution >= 4 is 41.1 Å². The molecule has 0 aromatic carbocycles. The van der Waals surface area contributed by atoms with Crippen molar-refractivity contribution in [2.75, 3.05) is 25.6 Å². The highest BCUT2D eigenvalue weighted by Crippen LogP contribution is 2.20. The molecule has 1 aromatic heterocycles. The second kappa shape index (κ2) is 8.01. The van der Waals surface area contributed by atoms with Gasteiger partial charge in [0.05, 0.1) is 4.88 Å². The van der Waals surface area contributed by atoms with Crippen molar-refractivity contribution < 1.29 is 14.7 Å². The number of thiophene rings is 1. The van der Waals surface area contributed by atoms with Crippen LogP contribution in [-0.2, 0) is 4.79 Å². The van der Waals surface area contributed by atoms with Crippen LogP contribution in [0, 0.1) is 0 Å². The number of aliphatic carboxylic acids is 1. The SMILES string of the molecule is CSCCCN(C)C(=O)c1sccc1/C=C/C(=O)O. The van der Waals surface area contributed by atoms with Crippen molar-refractivity contribution in [3.8, 4) is 0 Å². The molecule has 0 spiro atoms. The minimum absolute atomic E-state index is 0.0545. The van der Waals surface area contributed by atoms with Gasteiger partial charge in [-0.3, -0.25) is 4.79 Å². The Morgan fingerprint density at radius 1 is 1.53 bits per heavy atom. The van der Waals surface area contributed by atoms with Crippen LogP contribution in [0.15, 0.2) is 17.5 Å². The fraction of sp³-hybridized carbons (Fsp3) is 0.385. The summed E-state index contributed by atoms with van der Waals surface area (Å²) in [4.78, 5) is 25.0. The first-order valence-corrected chi connectivity index (χ1v) is 8.06. The molecule has 1 N–H and O–H groups in total. The zero-order chi connectivity index (χ0) is 14.3. The number of carboxylic acid groups (broad SMARTS) is 1. The summed E-state index contributed by atoms with van der Waals surface area (Å²) in [5.74, 6) is -0.0486. The molecule has 0 fully saturated rings. The van der Waals surface area contributed by atoms with Crippen LogP contribution in [0.2, 0.25) is 0 Å². The molecular formula is C13H17NO3S2. The van der Waals surface area contributed by atoms with E-state index in [1.165, 1.54) is 17.4 Å². The zero-order valence-corrected chi connectivity index (χ0v) is 12.6. The van der Waals surface area contributed by atoms with E-state index in [0.29, 0.717) is 17.0 Å². The average Bonchev–Trinajstić information content (AvgIpc) is 2.83. The normalized spacial score (nSPS) is 10.8. The van der Waals surface area contributed by atoms with Crippen LogP contribution in [0.3, 0.4) is 0 Å². The first kappa shape index (κ1) is 15.8. The van der Waals surface area contributed by atoms with E-state index < -0.39 is 5.97 Å². The molecule has 4 nitrogen and oxygen atoms in total. The van der Waals surface area contributed by atoms with Gasteiger partial charge in [-0.1, -0.05) is 0 Å². The van der Waals surface area contributed by atoms with Crippen molar-refractivity contribution in [3.63, 3.8) is 0 Å². The standard InChI is InChI=1S/C13H17NO3S2/c1-14(7-3-8-18-2)13(17)12-10(6-9-19-12)4-5-11(15)16/h4-6,9H,3,7-8H2,1-2H3,(H,15,16)/b5-4+. The predicted molar refractivity (Wildman–Crippen MR) is 80.9 cm³/mol. The maximum Gasteiger partial charge on any atom is 0.328 e. The molecule has 19 heavy (non-hydrogen) atoms. The van der Waals surface area contributed by atoms with Crippen LogP contribution in [-0.4, -0.2) is 47.5 Å². The van der Waals surface area contributed by atoms with Crippen LogP contribution in [0.5, 0.6) is 0 Å². The predicted octanol–water partition coefficient (Wildman–Crippen LogP) is 2.67. The molecule has 1 heterocycles. The lowest BCUT2D eigenvalue weighted by Gasteiger charge is -2.16. The number of nitrogens with zero attached hydrogens (tertiary/aromatic N) is 1. The highest BCUT2D eigenvalue weighted by Gasteiger charge is 2.15. The molecule has 0 bridgehead atoms. The maximum atomic E-state index is 12.2. The van der Waals surface area contributed by atoms with Gasteiger partial charge in [0.25, 0.3) is 5.91 Å². The van der Waals surface area contributed by atoms with E-state index in [2.05, 4.69) is 0 Å². The van der Waals surface area contributed by atoms with E-state index in [1.54, 1.807) is 35.2 Å². The van der Waals surface area contributed by atoms with Gasteiger partial charge in [-0.2, -0.15) is 11.8 Å². The summed E-state index contributed by atoms with van der Waals surface area (Å²) >= 11 is 3.09. The molecular weight excluding hydrogens is 282 g/mol. The summed E-state index contributed by atoms with van der Waals surface area (Å²) in [6.07, 6.45) is 5.50. The van der Waals surface area contributed by atoms with Crippen molar-refractivity contribution in [2.45, 2.75) is 6.42 Å². The minimum atomic E-state index is -1.02. The van der Waals surface area contributed by atoms with Gasteiger partial charge >= 0.3 is 5.97 Å². The third-order valence-electron chi connectivity index (χ3n) is 2.48. The van der Waals surface area contributed by atoms with Crippen molar-refractivity contribution in [1.82, 2.24) is 4.90 Å². The number of amides is 1. The van der Waals surface area contributed by atoms with E-state index >= 15 is 0 Å². The van der Waals surface area contributed by atoms with Gasteiger partial charge in [-0.25, -0.2) is 4.79 Å². The molecule has 0 atom stereocenters. The highest BCUT2D eigenvalue weighted by atomic mass is 32.2. The maximum absolute atomic E-state index is 12.2. The second-order valence-electron chi connectivity index (χ2n) is 3.95. The molecule has 104 valence electrons. The van der Waals surface area contributed by atoms with Gasteiger partial charge in [0.1, 0.15) is 0 Å². The second-order valence-corrected chi connectivity index (χ2v) is 5.85. The Labute approximate surface area is 121 Å². The number of hydrogen-bond acceptors (Lipinski definition) is 4. The first-order chi connectivity index (χ1) is 9.06. The monoisotopic (exact) mass is 299 g/mol. The van der Waals surface area contributed by atoms with Crippen molar-refractivity contribution in [3.05, 3.63) is 28.0 Å². The molecule has 6 heteroatoms. The first-order valence-electron chi connectivity index (χ1n) is 5.79. The molecule has 0 radical (unpaired) electrons. The molecule has 0 unspecified atom stereocenters. The molecule has 0 aliphatic carbocycles. The number of rotatable bonds is 7. The van der Waals surface area contributed by atoms with E-state index in [4.69, 9.17) is 5.11 Å². The van der Waals surface area contributed by atoms with Crippen LogP contribution >= 0.6 is 23.1 Å². The summed E-state index contributed by atoms with van der Waals surface area (Å²) in [5.41, 5.74) is 0.661. The number of hydrogen-bond donors (Lipinski definition) is 1. The number of thioether (sulfide) groups is 1. The zero-order valence-electron chi connectivity index (χ0n) is 11.0. The molecule has 0 saturated carbocycles. The Kier molecular flexibility index (Phi) is 6.66. The Balaban J connectivity index is 2.71. The van der Waals surface area contributed by atoms with Crippen LogP contribution < -0.4 is 0 Å². The van der Waals surface area contributed by atoms with Gasteiger partial charge in [-0.15, -0.1) is 11.3 Å². The van der Waals surface area contributed by atoms with Crippen LogP contribution in [0.4, 0.5) is 0 Å². The van der Waals surface area contributed by atoms with Gasteiger partial charge in [-0.05, 0) is 41.5 Å². The third-order valence-corrected chi connectivity index (χ3v) is 4.10. The number of carboxylic acids is 1. The minimum Gasteiger partial charge on any atom is -0.478 e. The third kappa shape index (κ3) is 5.08. The molecule has 0 saturated heterocycles. The van der Waals surface area contributed by atoms with Gasteiger partial charge in [0.2, 0.25) is 0 Å². The summed E-state index contributed by atoms with van der Waals surface area (Å²) in [6, 6.07) is 1.76. The number of carbonyl (C=O) groups is 2. The Bertz CT molecular complexity index is 468. The van der Waals surface area contributed by atoms with E-state index in [-0.39, 0.29) is 5.91 Å². The summed E-state index contributed by atoms with van der Waals surface area (Å²) in [5, 5.41) is 10.4. The quantitative estimate of drug-likeness (QED) is 0.621. The number of carbonyl (C=O) groups excluding carboxylic acids is 1.